The second kappa shape index (κ2) is 12.3. The van der Waals surface area contributed by atoms with Gasteiger partial charge in [0.1, 0.15) is 11.8 Å². The van der Waals surface area contributed by atoms with Gasteiger partial charge in [-0.2, -0.15) is 0 Å². The van der Waals surface area contributed by atoms with E-state index in [1.807, 2.05) is 29.2 Å². The highest BCUT2D eigenvalue weighted by atomic mass is 35.5. The van der Waals surface area contributed by atoms with Gasteiger partial charge in [-0.15, -0.1) is 0 Å². The number of hydrogen-bond acceptors (Lipinski definition) is 5. The van der Waals surface area contributed by atoms with Crippen LogP contribution < -0.4 is 15.8 Å². The number of carbonyl (C=O) groups is 2. The Morgan fingerprint density at radius 3 is 2.68 bits per heavy atom. The summed E-state index contributed by atoms with van der Waals surface area (Å²) in [6.07, 6.45) is 6.90. The minimum Gasteiger partial charge on any atom is -0.495 e. The van der Waals surface area contributed by atoms with Crippen molar-refractivity contribution in [3.05, 3.63) is 58.9 Å². The van der Waals surface area contributed by atoms with Crippen molar-refractivity contribution in [2.45, 2.75) is 44.1 Å². The molecule has 2 amide bonds. The fourth-order valence-corrected chi connectivity index (χ4v) is 5.47. The first kappa shape index (κ1) is 26.7. The zero-order valence-electron chi connectivity index (χ0n) is 21.2. The molecule has 2 fully saturated rings. The summed E-state index contributed by atoms with van der Waals surface area (Å²) in [4.78, 5) is 34.5. The van der Waals surface area contributed by atoms with E-state index in [2.05, 4.69) is 10.3 Å². The van der Waals surface area contributed by atoms with Crippen LogP contribution in [0.25, 0.3) is 0 Å². The maximum atomic E-state index is 13.6. The molecule has 2 aliphatic heterocycles. The van der Waals surface area contributed by atoms with Gasteiger partial charge >= 0.3 is 0 Å². The number of halogens is 1. The summed E-state index contributed by atoms with van der Waals surface area (Å²) in [5.41, 5.74) is 7.39. The Labute approximate surface area is 222 Å². The molecule has 198 valence electrons. The molecule has 0 aliphatic carbocycles. The summed E-state index contributed by atoms with van der Waals surface area (Å²) >= 11 is 6.24. The van der Waals surface area contributed by atoms with Crippen LogP contribution in [-0.2, 0) is 9.59 Å². The number of nitrogens with two attached hydrogens (primary N) is 1. The van der Waals surface area contributed by atoms with E-state index in [0.29, 0.717) is 36.2 Å². The van der Waals surface area contributed by atoms with Crippen LogP contribution in [0.2, 0.25) is 5.02 Å². The number of amides is 2. The van der Waals surface area contributed by atoms with Gasteiger partial charge < -0.3 is 25.6 Å². The zero-order chi connectivity index (χ0) is 26.4. The molecule has 0 saturated carbocycles. The maximum absolute atomic E-state index is 13.6. The zero-order valence-corrected chi connectivity index (χ0v) is 21.9. The Morgan fingerprint density at radius 1 is 1.22 bits per heavy atom. The number of guanidine groups is 1. The number of nitrogens with one attached hydrogen (secondary N) is 2. The SMILES string of the molecule is COc1cc(C(CC(=O)N2CCC[C@H]2C(=O)NCC2CCN(C(=N)N)CC2)c2cccnc2)ccc1Cl. The number of benzene rings is 1. The Hall–Kier alpha value is -3.33. The van der Waals surface area contributed by atoms with Crippen LogP contribution in [0.3, 0.4) is 0 Å². The maximum Gasteiger partial charge on any atom is 0.242 e. The monoisotopic (exact) mass is 526 g/mol. The molecule has 37 heavy (non-hydrogen) atoms. The number of carbonyl (C=O) groups excluding carboxylic acids is 2. The normalized spacial score (nSPS) is 18.9. The molecule has 0 radical (unpaired) electrons. The number of aromatic nitrogens is 1. The van der Waals surface area contributed by atoms with Gasteiger partial charge in [-0.05, 0) is 60.9 Å². The second-order valence-corrected chi connectivity index (χ2v) is 10.2. The molecule has 9 nitrogen and oxygen atoms in total. The summed E-state index contributed by atoms with van der Waals surface area (Å²) in [5.74, 6) is 0.599. The smallest absolute Gasteiger partial charge is 0.242 e. The van der Waals surface area contributed by atoms with E-state index >= 15 is 0 Å². The largest absolute Gasteiger partial charge is 0.495 e. The van der Waals surface area contributed by atoms with Gasteiger partial charge in [0.2, 0.25) is 11.8 Å². The number of ether oxygens (including phenoxy) is 1. The van der Waals surface area contributed by atoms with Gasteiger partial charge in [-0.25, -0.2) is 0 Å². The second-order valence-electron chi connectivity index (χ2n) is 9.74. The summed E-state index contributed by atoms with van der Waals surface area (Å²) in [6, 6.07) is 8.89. The number of rotatable bonds is 8. The number of nitrogens with zero attached hydrogens (tertiary/aromatic N) is 3. The fraction of sp³-hybridized carbons (Fsp3) is 0.481. The Kier molecular flexibility index (Phi) is 8.87. The first-order valence-corrected chi connectivity index (χ1v) is 13.1. The van der Waals surface area contributed by atoms with Gasteiger partial charge in [-0.3, -0.25) is 20.0 Å². The Balaban J connectivity index is 1.42. The van der Waals surface area contributed by atoms with E-state index in [9.17, 15) is 9.59 Å². The van der Waals surface area contributed by atoms with E-state index in [-0.39, 0.29) is 30.1 Å². The number of pyridine rings is 1. The van der Waals surface area contributed by atoms with Crippen molar-refractivity contribution in [2.75, 3.05) is 33.3 Å². The third-order valence-corrected chi connectivity index (χ3v) is 7.75. The van der Waals surface area contributed by atoms with E-state index in [4.69, 9.17) is 27.5 Å². The van der Waals surface area contributed by atoms with Crippen LogP contribution in [0.15, 0.2) is 42.7 Å². The number of methoxy groups -OCH3 is 1. The number of hydrogen-bond donors (Lipinski definition) is 3. The molecular weight excluding hydrogens is 492 g/mol. The molecule has 1 aromatic heterocycles. The molecular formula is C27H35ClN6O3. The van der Waals surface area contributed by atoms with Gasteiger partial charge in [0.25, 0.3) is 0 Å². The molecule has 4 rings (SSSR count). The van der Waals surface area contributed by atoms with E-state index in [1.54, 1.807) is 30.5 Å². The lowest BCUT2D eigenvalue weighted by Gasteiger charge is -2.32. The predicted molar refractivity (Wildman–Crippen MR) is 143 cm³/mol. The van der Waals surface area contributed by atoms with Gasteiger partial charge in [0.15, 0.2) is 5.96 Å². The molecule has 4 N–H and O–H groups in total. The van der Waals surface area contributed by atoms with E-state index < -0.39 is 6.04 Å². The topological polar surface area (TPSA) is 125 Å². The molecule has 2 aliphatic rings. The standard InChI is InChI=1S/C27H35ClN6O3/c1-37-24-14-19(6-7-22(24)28)21(20-4-2-10-31-17-20)15-25(35)34-11-3-5-23(34)26(36)32-16-18-8-12-33(13-9-18)27(29)30/h2,4,6-7,10,14,17-18,21,23H,3,5,8-9,11-13,15-16H2,1H3,(H3,29,30)(H,32,36)/t21?,23-/m0/s1. The fourth-order valence-electron chi connectivity index (χ4n) is 5.27. The summed E-state index contributed by atoms with van der Waals surface area (Å²) in [6.45, 7) is 2.61. The van der Waals surface area contributed by atoms with E-state index in [1.165, 1.54) is 0 Å². The van der Waals surface area contributed by atoms with Crippen molar-refractivity contribution in [3.8, 4) is 5.75 Å². The molecule has 3 heterocycles. The third kappa shape index (κ3) is 6.52. The van der Waals surface area contributed by atoms with Gasteiger partial charge in [-0.1, -0.05) is 23.7 Å². The Morgan fingerprint density at radius 2 is 2.00 bits per heavy atom. The van der Waals surface area contributed by atoms with Crippen molar-refractivity contribution in [3.63, 3.8) is 0 Å². The highest BCUT2D eigenvalue weighted by Gasteiger charge is 2.35. The summed E-state index contributed by atoms with van der Waals surface area (Å²) in [5, 5.41) is 11.2. The Bertz CT molecular complexity index is 1110. The van der Waals surface area contributed by atoms with Crippen molar-refractivity contribution in [2.24, 2.45) is 11.7 Å². The van der Waals surface area contributed by atoms with Crippen LogP contribution in [-0.4, -0.2) is 71.9 Å². The molecule has 1 aromatic carbocycles. The average molecular weight is 527 g/mol. The van der Waals surface area contributed by atoms with Crippen molar-refractivity contribution < 1.29 is 14.3 Å². The first-order chi connectivity index (χ1) is 17.9. The lowest BCUT2D eigenvalue weighted by molar-refractivity contribution is -0.138. The van der Waals surface area contributed by atoms with Crippen LogP contribution in [0.1, 0.15) is 49.1 Å². The van der Waals surface area contributed by atoms with Gasteiger partial charge in [0, 0.05) is 50.9 Å². The lowest BCUT2D eigenvalue weighted by atomic mass is 9.88. The third-order valence-electron chi connectivity index (χ3n) is 7.44. The van der Waals surface area contributed by atoms with Crippen LogP contribution in [0, 0.1) is 11.3 Å². The number of piperidine rings is 1. The molecule has 10 heteroatoms. The average Bonchev–Trinajstić information content (AvgIpc) is 3.42. The highest BCUT2D eigenvalue weighted by molar-refractivity contribution is 6.32. The van der Waals surface area contributed by atoms with Crippen molar-refractivity contribution in [1.29, 1.82) is 5.41 Å². The lowest BCUT2D eigenvalue weighted by Crippen LogP contribution is -2.48. The summed E-state index contributed by atoms with van der Waals surface area (Å²) in [7, 11) is 1.56. The molecule has 2 saturated heterocycles. The minimum atomic E-state index is -0.459. The van der Waals surface area contributed by atoms with Crippen LogP contribution in [0.5, 0.6) is 5.75 Å². The molecule has 0 bridgehead atoms. The number of likely N-dealkylation sites (tertiary alicyclic amines) is 2. The molecule has 1 unspecified atom stereocenters. The van der Waals surface area contributed by atoms with Crippen LogP contribution >= 0.6 is 11.6 Å². The van der Waals surface area contributed by atoms with Gasteiger partial charge in [0.05, 0.1) is 12.1 Å². The quantitative estimate of drug-likeness (QED) is 0.359. The van der Waals surface area contributed by atoms with Crippen molar-refractivity contribution >= 4 is 29.4 Å². The molecule has 2 atom stereocenters. The highest BCUT2D eigenvalue weighted by Crippen LogP contribution is 2.34. The van der Waals surface area contributed by atoms with E-state index in [0.717, 1.165) is 43.5 Å². The van der Waals surface area contributed by atoms with Crippen molar-refractivity contribution in [1.82, 2.24) is 20.1 Å². The first-order valence-electron chi connectivity index (χ1n) is 12.8. The molecule has 0 spiro atoms. The predicted octanol–water partition coefficient (Wildman–Crippen LogP) is 2.98. The summed E-state index contributed by atoms with van der Waals surface area (Å²) < 4.78 is 5.40. The minimum absolute atomic E-state index is 0.0600. The molecule has 2 aromatic rings. The van der Waals surface area contributed by atoms with Crippen LogP contribution in [0.4, 0.5) is 0 Å².